The maximum atomic E-state index is 8.38. The highest BCUT2D eigenvalue weighted by Crippen LogP contribution is 2.15. The standard InChI is InChI=1S/C8H16N2O3/c1-6(8(9)10-11)13-7-4-2-3-5-12-7/h6-7,11H,2-5H2,1H3,(H2,9,10)/t6-,7-/m1/s1. The lowest BCUT2D eigenvalue weighted by Gasteiger charge is -2.25. The average Bonchev–Trinajstić information content (AvgIpc) is 2.18. The summed E-state index contributed by atoms with van der Waals surface area (Å²) in [4.78, 5) is 0. The normalized spacial score (nSPS) is 27.2. The average molecular weight is 188 g/mol. The molecule has 3 N–H and O–H groups in total. The first-order valence-electron chi connectivity index (χ1n) is 4.48. The van der Waals surface area contributed by atoms with Crippen LogP contribution in [0, 0.1) is 0 Å². The molecule has 0 aromatic carbocycles. The van der Waals surface area contributed by atoms with Crippen LogP contribution in [0.4, 0.5) is 0 Å². The van der Waals surface area contributed by atoms with Crippen LogP contribution in [0.2, 0.25) is 0 Å². The van der Waals surface area contributed by atoms with E-state index in [1.54, 1.807) is 6.92 Å². The number of nitrogens with two attached hydrogens (primary N) is 1. The van der Waals surface area contributed by atoms with Gasteiger partial charge in [0.05, 0.1) is 0 Å². The Kier molecular flexibility index (Phi) is 3.98. The molecule has 0 aliphatic carbocycles. The molecule has 0 spiro atoms. The molecular weight excluding hydrogens is 172 g/mol. The van der Waals surface area contributed by atoms with Crippen LogP contribution in [0.1, 0.15) is 26.2 Å². The molecule has 1 fully saturated rings. The highest BCUT2D eigenvalue weighted by molar-refractivity contribution is 5.83. The number of hydrogen-bond donors (Lipinski definition) is 2. The number of rotatable bonds is 3. The second-order valence-corrected chi connectivity index (χ2v) is 3.10. The lowest BCUT2D eigenvalue weighted by Crippen LogP contribution is -2.34. The third-order valence-corrected chi connectivity index (χ3v) is 2.03. The number of oxime groups is 1. The number of ether oxygens (including phenoxy) is 2. The predicted molar refractivity (Wildman–Crippen MR) is 47.5 cm³/mol. The van der Waals surface area contributed by atoms with Crippen molar-refractivity contribution in [1.82, 2.24) is 0 Å². The van der Waals surface area contributed by atoms with Crippen molar-refractivity contribution in [3.8, 4) is 0 Å². The van der Waals surface area contributed by atoms with Crippen molar-refractivity contribution in [2.24, 2.45) is 10.9 Å². The lowest BCUT2D eigenvalue weighted by atomic mass is 10.2. The van der Waals surface area contributed by atoms with E-state index in [9.17, 15) is 0 Å². The Bertz CT molecular complexity index is 178. The second kappa shape index (κ2) is 5.04. The summed E-state index contributed by atoms with van der Waals surface area (Å²) in [5.41, 5.74) is 5.35. The van der Waals surface area contributed by atoms with Gasteiger partial charge in [0.15, 0.2) is 12.1 Å². The second-order valence-electron chi connectivity index (χ2n) is 3.10. The quantitative estimate of drug-likeness (QED) is 0.295. The Morgan fingerprint density at radius 1 is 1.69 bits per heavy atom. The zero-order valence-corrected chi connectivity index (χ0v) is 7.77. The minimum atomic E-state index is -0.395. The first-order chi connectivity index (χ1) is 6.24. The Morgan fingerprint density at radius 2 is 2.46 bits per heavy atom. The van der Waals surface area contributed by atoms with Gasteiger partial charge >= 0.3 is 0 Å². The Morgan fingerprint density at radius 3 is 3.00 bits per heavy atom. The van der Waals surface area contributed by atoms with E-state index in [4.69, 9.17) is 20.4 Å². The van der Waals surface area contributed by atoms with Gasteiger partial charge in [0.1, 0.15) is 6.10 Å². The topological polar surface area (TPSA) is 77.1 Å². The molecule has 1 heterocycles. The van der Waals surface area contributed by atoms with Gasteiger partial charge < -0.3 is 20.4 Å². The lowest BCUT2D eigenvalue weighted by molar-refractivity contribution is -0.171. The fourth-order valence-corrected chi connectivity index (χ4v) is 1.20. The first-order valence-corrected chi connectivity index (χ1v) is 4.48. The van der Waals surface area contributed by atoms with Gasteiger partial charge in [0, 0.05) is 6.61 Å². The van der Waals surface area contributed by atoms with Crippen LogP contribution in [0.3, 0.4) is 0 Å². The molecule has 5 heteroatoms. The van der Waals surface area contributed by atoms with Gasteiger partial charge in [-0.1, -0.05) is 5.16 Å². The summed E-state index contributed by atoms with van der Waals surface area (Å²) < 4.78 is 10.7. The molecule has 1 rings (SSSR count). The van der Waals surface area contributed by atoms with Gasteiger partial charge in [-0.2, -0.15) is 0 Å². The van der Waals surface area contributed by atoms with Gasteiger partial charge in [0.25, 0.3) is 0 Å². The van der Waals surface area contributed by atoms with Crippen LogP contribution in [-0.4, -0.2) is 30.0 Å². The summed E-state index contributed by atoms with van der Waals surface area (Å²) in [5, 5.41) is 11.2. The van der Waals surface area contributed by atoms with E-state index >= 15 is 0 Å². The molecule has 0 radical (unpaired) electrons. The fraction of sp³-hybridized carbons (Fsp3) is 0.875. The van der Waals surface area contributed by atoms with E-state index in [0.717, 1.165) is 25.9 Å². The van der Waals surface area contributed by atoms with Gasteiger partial charge in [-0.3, -0.25) is 0 Å². The molecule has 0 saturated carbocycles. The fourth-order valence-electron chi connectivity index (χ4n) is 1.20. The SMILES string of the molecule is C[C@@H](O[C@@H]1CCCCO1)/C(N)=N\O. The zero-order chi connectivity index (χ0) is 9.68. The van der Waals surface area contributed by atoms with Crippen molar-refractivity contribution in [1.29, 1.82) is 0 Å². The molecule has 0 aromatic heterocycles. The van der Waals surface area contributed by atoms with Crippen LogP contribution >= 0.6 is 0 Å². The monoisotopic (exact) mass is 188 g/mol. The van der Waals surface area contributed by atoms with Crippen LogP contribution in [0.25, 0.3) is 0 Å². The maximum absolute atomic E-state index is 8.38. The largest absolute Gasteiger partial charge is 0.409 e. The van der Waals surface area contributed by atoms with E-state index in [-0.39, 0.29) is 12.1 Å². The van der Waals surface area contributed by atoms with Gasteiger partial charge in [-0.05, 0) is 26.2 Å². The summed E-state index contributed by atoms with van der Waals surface area (Å²) in [6.45, 7) is 2.46. The number of hydrogen-bond acceptors (Lipinski definition) is 4. The minimum Gasteiger partial charge on any atom is -0.409 e. The number of nitrogens with zero attached hydrogens (tertiary/aromatic N) is 1. The van der Waals surface area contributed by atoms with Crippen LogP contribution in [0.15, 0.2) is 5.16 Å². The van der Waals surface area contributed by atoms with E-state index in [2.05, 4.69) is 5.16 Å². The molecule has 5 nitrogen and oxygen atoms in total. The molecule has 13 heavy (non-hydrogen) atoms. The Hall–Kier alpha value is -0.810. The highest BCUT2D eigenvalue weighted by Gasteiger charge is 2.19. The number of amidine groups is 1. The smallest absolute Gasteiger partial charge is 0.168 e. The van der Waals surface area contributed by atoms with Crippen molar-refractivity contribution < 1.29 is 14.7 Å². The molecule has 1 aliphatic rings. The maximum Gasteiger partial charge on any atom is 0.168 e. The summed E-state index contributed by atoms with van der Waals surface area (Å²) in [6, 6.07) is 0. The van der Waals surface area contributed by atoms with Gasteiger partial charge in [-0.15, -0.1) is 0 Å². The van der Waals surface area contributed by atoms with Crippen molar-refractivity contribution in [3.05, 3.63) is 0 Å². The summed E-state index contributed by atoms with van der Waals surface area (Å²) >= 11 is 0. The van der Waals surface area contributed by atoms with Crippen molar-refractivity contribution >= 4 is 5.84 Å². The highest BCUT2D eigenvalue weighted by atomic mass is 16.7. The van der Waals surface area contributed by atoms with Gasteiger partial charge in [-0.25, -0.2) is 0 Å². The Labute approximate surface area is 77.5 Å². The Balaban J connectivity index is 2.30. The van der Waals surface area contributed by atoms with Crippen LogP contribution < -0.4 is 5.73 Å². The molecular formula is C8H16N2O3. The molecule has 1 aliphatic heterocycles. The van der Waals surface area contributed by atoms with Crippen LogP contribution in [-0.2, 0) is 9.47 Å². The molecule has 1 saturated heterocycles. The van der Waals surface area contributed by atoms with Crippen molar-refractivity contribution in [2.75, 3.05) is 6.61 Å². The van der Waals surface area contributed by atoms with E-state index in [1.165, 1.54) is 0 Å². The van der Waals surface area contributed by atoms with Crippen molar-refractivity contribution in [2.45, 2.75) is 38.6 Å². The van der Waals surface area contributed by atoms with E-state index < -0.39 is 6.10 Å². The van der Waals surface area contributed by atoms with E-state index in [0.29, 0.717) is 0 Å². The minimum absolute atomic E-state index is 0.0779. The molecule has 0 aromatic rings. The molecule has 0 unspecified atom stereocenters. The zero-order valence-electron chi connectivity index (χ0n) is 7.77. The third kappa shape index (κ3) is 3.20. The van der Waals surface area contributed by atoms with Gasteiger partial charge in [0.2, 0.25) is 0 Å². The van der Waals surface area contributed by atoms with Crippen LogP contribution in [0.5, 0.6) is 0 Å². The van der Waals surface area contributed by atoms with E-state index in [1.807, 2.05) is 0 Å². The van der Waals surface area contributed by atoms with Crippen molar-refractivity contribution in [3.63, 3.8) is 0 Å². The molecule has 76 valence electrons. The first kappa shape index (κ1) is 10.3. The summed E-state index contributed by atoms with van der Waals surface area (Å²) in [6.07, 6.45) is 2.46. The summed E-state index contributed by atoms with van der Waals surface area (Å²) in [5.74, 6) is 0.0779. The third-order valence-electron chi connectivity index (χ3n) is 2.03. The predicted octanol–water partition coefficient (Wildman–Crippen LogP) is 0.665. The molecule has 2 atom stereocenters. The summed E-state index contributed by atoms with van der Waals surface area (Å²) in [7, 11) is 0. The molecule has 0 bridgehead atoms. The molecule has 0 amide bonds.